The first-order valence-electron chi connectivity index (χ1n) is 9.38. The van der Waals surface area contributed by atoms with Crippen molar-refractivity contribution < 1.29 is 19.1 Å². The standard InChI is InChI=1S/C14H29NO3.C6H13NO/c1-10(2)8-11(15)12(16)18-9-13(3,4)14(5,6)17-7;1-5(2)3-6(7)4-8/h10-11H,8-9,15H2,1-7H3;4-6H,3,7H2,1-2H3. The molecule has 0 bridgehead atoms. The van der Waals surface area contributed by atoms with Gasteiger partial charge in [0.05, 0.1) is 18.2 Å². The van der Waals surface area contributed by atoms with Crippen LogP contribution in [0.15, 0.2) is 0 Å². The van der Waals surface area contributed by atoms with Gasteiger partial charge in [0, 0.05) is 12.5 Å². The molecule has 6 heteroatoms. The van der Waals surface area contributed by atoms with Gasteiger partial charge in [0.1, 0.15) is 12.3 Å². The van der Waals surface area contributed by atoms with Crippen molar-refractivity contribution in [2.45, 2.75) is 85.9 Å². The predicted molar refractivity (Wildman–Crippen MR) is 107 cm³/mol. The summed E-state index contributed by atoms with van der Waals surface area (Å²) >= 11 is 0. The van der Waals surface area contributed by atoms with Gasteiger partial charge in [0.25, 0.3) is 0 Å². The van der Waals surface area contributed by atoms with E-state index in [0.29, 0.717) is 24.9 Å². The number of hydrogen-bond donors (Lipinski definition) is 2. The van der Waals surface area contributed by atoms with E-state index >= 15 is 0 Å². The quantitative estimate of drug-likeness (QED) is 0.450. The van der Waals surface area contributed by atoms with Gasteiger partial charge < -0.3 is 25.7 Å². The van der Waals surface area contributed by atoms with Gasteiger partial charge in [-0.05, 0) is 38.5 Å². The highest BCUT2D eigenvalue weighted by atomic mass is 16.5. The van der Waals surface area contributed by atoms with E-state index in [1.807, 2.05) is 55.4 Å². The number of rotatable bonds is 10. The van der Waals surface area contributed by atoms with Crippen LogP contribution in [0.5, 0.6) is 0 Å². The number of carbonyl (C=O) groups is 2. The van der Waals surface area contributed by atoms with Gasteiger partial charge in [0.2, 0.25) is 0 Å². The van der Waals surface area contributed by atoms with Gasteiger partial charge in [-0.15, -0.1) is 0 Å². The van der Waals surface area contributed by atoms with E-state index in [4.69, 9.17) is 20.9 Å². The Balaban J connectivity index is 0. The zero-order chi connectivity index (χ0) is 21.1. The van der Waals surface area contributed by atoms with Crippen molar-refractivity contribution >= 4 is 12.3 Å². The first-order chi connectivity index (χ1) is 11.7. The Kier molecular flexibility index (Phi) is 13.0. The lowest BCUT2D eigenvalue weighted by Gasteiger charge is -2.39. The minimum absolute atomic E-state index is 0.255. The first kappa shape index (κ1) is 27.2. The molecule has 0 aliphatic carbocycles. The van der Waals surface area contributed by atoms with Gasteiger partial charge in [0.15, 0.2) is 0 Å². The van der Waals surface area contributed by atoms with Gasteiger partial charge in [-0.3, -0.25) is 4.79 Å². The Morgan fingerprint density at radius 3 is 1.77 bits per heavy atom. The molecular formula is C20H42N2O4. The highest BCUT2D eigenvalue weighted by Gasteiger charge is 2.38. The van der Waals surface area contributed by atoms with Gasteiger partial charge in [-0.2, -0.15) is 0 Å². The van der Waals surface area contributed by atoms with Crippen molar-refractivity contribution in [2.75, 3.05) is 13.7 Å². The van der Waals surface area contributed by atoms with E-state index in [1.165, 1.54) is 0 Å². The molecule has 0 fully saturated rings. The third-order valence-corrected chi connectivity index (χ3v) is 4.66. The molecule has 0 aromatic carbocycles. The van der Waals surface area contributed by atoms with Crippen LogP contribution in [0.3, 0.4) is 0 Å². The maximum atomic E-state index is 11.8. The number of nitrogens with two attached hydrogens (primary N) is 2. The minimum atomic E-state index is -0.536. The highest BCUT2D eigenvalue weighted by Crippen LogP contribution is 2.33. The average Bonchev–Trinajstić information content (AvgIpc) is 2.51. The lowest BCUT2D eigenvalue weighted by atomic mass is 9.78. The van der Waals surface area contributed by atoms with Crippen LogP contribution in [0.1, 0.15) is 68.2 Å². The Hall–Kier alpha value is -0.980. The first-order valence-corrected chi connectivity index (χ1v) is 9.38. The summed E-state index contributed by atoms with van der Waals surface area (Å²) < 4.78 is 10.8. The summed E-state index contributed by atoms with van der Waals surface area (Å²) in [5.74, 6) is 0.579. The summed E-state index contributed by atoms with van der Waals surface area (Å²) in [4.78, 5) is 21.7. The lowest BCUT2D eigenvalue weighted by Crippen LogP contribution is -2.45. The largest absolute Gasteiger partial charge is 0.464 e. The maximum absolute atomic E-state index is 11.8. The molecule has 0 aromatic rings. The molecule has 0 rings (SSSR count). The molecule has 0 aliphatic rings. The van der Waals surface area contributed by atoms with E-state index in [2.05, 4.69) is 0 Å². The average molecular weight is 375 g/mol. The number of ether oxygens (including phenoxy) is 2. The molecule has 0 saturated carbocycles. The van der Waals surface area contributed by atoms with Crippen LogP contribution in [-0.2, 0) is 19.1 Å². The number of hydrogen-bond acceptors (Lipinski definition) is 6. The predicted octanol–water partition coefficient (Wildman–Crippen LogP) is 2.91. The number of esters is 1. The monoisotopic (exact) mass is 374 g/mol. The second-order valence-electron chi connectivity index (χ2n) is 8.87. The number of methoxy groups -OCH3 is 1. The van der Waals surface area contributed by atoms with Crippen molar-refractivity contribution in [2.24, 2.45) is 28.7 Å². The Morgan fingerprint density at radius 2 is 1.46 bits per heavy atom. The van der Waals surface area contributed by atoms with Crippen LogP contribution in [0.2, 0.25) is 0 Å². The topological polar surface area (TPSA) is 105 Å². The van der Waals surface area contributed by atoms with Crippen molar-refractivity contribution in [3.63, 3.8) is 0 Å². The molecular weight excluding hydrogens is 332 g/mol. The fraction of sp³-hybridized carbons (Fsp3) is 0.900. The SMILES string of the molecule is CC(C)CC(N)C=O.COC(C)(C)C(C)(C)COC(=O)C(N)CC(C)C. The maximum Gasteiger partial charge on any atom is 0.322 e. The van der Waals surface area contributed by atoms with Crippen molar-refractivity contribution in [1.29, 1.82) is 0 Å². The molecule has 4 N–H and O–H groups in total. The van der Waals surface area contributed by atoms with Crippen molar-refractivity contribution in [3.8, 4) is 0 Å². The van der Waals surface area contributed by atoms with E-state index in [0.717, 1.165) is 12.7 Å². The van der Waals surface area contributed by atoms with Crippen LogP contribution in [-0.4, -0.2) is 43.7 Å². The van der Waals surface area contributed by atoms with E-state index in [9.17, 15) is 9.59 Å². The minimum Gasteiger partial charge on any atom is -0.464 e. The Bertz CT molecular complexity index is 407. The van der Waals surface area contributed by atoms with E-state index < -0.39 is 6.04 Å². The van der Waals surface area contributed by atoms with Crippen LogP contribution in [0.25, 0.3) is 0 Å². The second kappa shape index (κ2) is 12.4. The summed E-state index contributed by atoms with van der Waals surface area (Å²) in [5, 5.41) is 0. The van der Waals surface area contributed by atoms with Crippen LogP contribution >= 0.6 is 0 Å². The van der Waals surface area contributed by atoms with Crippen molar-refractivity contribution in [1.82, 2.24) is 0 Å². The summed E-state index contributed by atoms with van der Waals surface area (Å²) in [5.41, 5.74) is 10.5. The van der Waals surface area contributed by atoms with Gasteiger partial charge in [-0.1, -0.05) is 41.5 Å². The zero-order valence-electron chi connectivity index (χ0n) is 18.3. The van der Waals surface area contributed by atoms with Crippen LogP contribution < -0.4 is 11.5 Å². The summed E-state index contributed by atoms with van der Waals surface area (Å²) in [7, 11) is 1.66. The highest BCUT2D eigenvalue weighted by molar-refractivity contribution is 5.75. The molecule has 6 nitrogen and oxygen atoms in total. The lowest BCUT2D eigenvalue weighted by molar-refractivity contribution is -0.157. The fourth-order valence-electron chi connectivity index (χ4n) is 2.01. The normalized spacial score (nSPS) is 14.5. The molecule has 0 heterocycles. The number of carbonyl (C=O) groups excluding carboxylic acids is 2. The summed E-state index contributed by atoms with van der Waals surface area (Å²) in [6, 6.07) is -0.790. The molecule has 0 spiro atoms. The molecule has 2 unspecified atom stereocenters. The van der Waals surface area contributed by atoms with Crippen molar-refractivity contribution in [3.05, 3.63) is 0 Å². The fourth-order valence-corrected chi connectivity index (χ4v) is 2.01. The zero-order valence-corrected chi connectivity index (χ0v) is 18.3. The molecule has 0 amide bonds. The van der Waals surface area contributed by atoms with Crippen LogP contribution in [0.4, 0.5) is 0 Å². The molecule has 2 atom stereocenters. The molecule has 156 valence electrons. The number of aldehydes is 1. The van der Waals surface area contributed by atoms with Crippen LogP contribution in [0, 0.1) is 17.3 Å². The summed E-state index contributed by atoms with van der Waals surface area (Å²) in [6.45, 7) is 16.4. The molecule has 0 aromatic heterocycles. The smallest absolute Gasteiger partial charge is 0.322 e. The molecule has 0 saturated heterocycles. The second-order valence-corrected chi connectivity index (χ2v) is 8.87. The molecule has 0 aliphatic heterocycles. The summed E-state index contributed by atoms with van der Waals surface area (Å²) in [6.07, 6.45) is 2.23. The molecule has 26 heavy (non-hydrogen) atoms. The van der Waals surface area contributed by atoms with E-state index in [-0.39, 0.29) is 23.0 Å². The Morgan fingerprint density at radius 1 is 1.00 bits per heavy atom. The van der Waals surface area contributed by atoms with E-state index in [1.54, 1.807) is 7.11 Å². The molecule has 0 radical (unpaired) electrons. The van der Waals surface area contributed by atoms with Gasteiger partial charge in [-0.25, -0.2) is 0 Å². The Labute approximate surface area is 160 Å². The van der Waals surface area contributed by atoms with Gasteiger partial charge >= 0.3 is 5.97 Å². The third-order valence-electron chi connectivity index (χ3n) is 4.66. The third kappa shape index (κ3) is 11.6.